The SMILES string of the molecule is COc1cccc(-n2ccnc2SCC2CCOCO2)c1. The summed E-state index contributed by atoms with van der Waals surface area (Å²) in [5.41, 5.74) is 1.04. The molecule has 5 nitrogen and oxygen atoms in total. The van der Waals surface area contributed by atoms with E-state index in [9.17, 15) is 0 Å². The first kappa shape index (κ1) is 14.4. The van der Waals surface area contributed by atoms with Gasteiger partial charge in [0.15, 0.2) is 5.16 Å². The van der Waals surface area contributed by atoms with Crippen molar-refractivity contribution in [1.82, 2.24) is 9.55 Å². The highest BCUT2D eigenvalue weighted by Crippen LogP contribution is 2.25. The molecule has 112 valence electrons. The van der Waals surface area contributed by atoms with E-state index in [1.807, 2.05) is 36.7 Å². The van der Waals surface area contributed by atoms with Crippen molar-refractivity contribution in [2.24, 2.45) is 0 Å². The highest BCUT2D eigenvalue weighted by molar-refractivity contribution is 7.99. The number of nitrogens with zero attached hydrogens (tertiary/aromatic N) is 2. The molecule has 1 fully saturated rings. The molecule has 0 bridgehead atoms. The molecule has 0 radical (unpaired) electrons. The molecular formula is C15H18N2O3S. The molecule has 0 aliphatic carbocycles. The zero-order valence-corrected chi connectivity index (χ0v) is 12.7. The molecule has 1 aliphatic heterocycles. The van der Waals surface area contributed by atoms with Gasteiger partial charge < -0.3 is 14.2 Å². The zero-order valence-electron chi connectivity index (χ0n) is 11.9. The second-order valence-electron chi connectivity index (χ2n) is 4.70. The summed E-state index contributed by atoms with van der Waals surface area (Å²) in [6.45, 7) is 1.17. The number of aromatic nitrogens is 2. The molecule has 2 heterocycles. The van der Waals surface area contributed by atoms with Gasteiger partial charge in [0.2, 0.25) is 0 Å². The van der Waals surface area contributed by atoms with Gasteiger partial charge in [-0.3, -0.25) is 4.57 Å². The van der Waals surface area contributed by atoms with Crippen LogP contribution in [0, 0.1) is 0 Å². The Morgan fingerprint density at radius 1 is 1.48 bits per heavy atom. The normalized spacial score (nSPS) is 18.6. The maximum absolute atomic E-state index is 5.56. The summed E-state index contributed by atoms with van der Waals surface area (Å²) in [5, 5.41) is 0.957. The number of ether oxygens (including phenoxy) is 3. The Morgan fingerprint density at radius 3 is 3.24 bits per heavy atom. The number of hydrogen-bond donors (Lipinski definition) is 0. The van der Waals surface area contributed by atoms with Gasteiger partial charge in [-0.2, -0.15) is 0 Å². The van der Waals surface area contributed by atoms with Crippen molar-refractivity contribution >= 4 is 11.8 Å². The van der Waals surface area contributed by atoms with E-state index in [0.717, 1.165) is 35.4 Å². The molecule has 3 rings (SSSR count). The number of rotatable bonds is 5. The molecule has 0 N–H and O–H groups in total. The quantitative estimate of drug-likeness (QED) is 0.795. The summed E-state index contributed by atoms with van der Waals surface area (Å²) in [5.74, 6) is 1.72. The molecule has 1 aromatic heterocycles. The summed E-state index contributed by atoms with van der Waals surface area (Å²) < 4.78 is 18.1. The van der Waals surface area contributed by atoms with Crippen molar-refractivity contribution in [1.29, 1.82) is 0 Å². The molecule has 1 unspecified atom stereocenters. The van der Waals surface area contributed by atoms with E-state index in [1.54, 1.807) is 18.9 Å². The van der Waals surface area contributed by atoms with Crippen molar-refractivity contribution in [3.05, 3.63) is 36.7 Å². The van der Waals surface area contributed by atoms with E-state index in [2.05, 4.69) is 9.55 Å². The smallest absolute Gasteiger partial charge is 0.172 e. The fourth-order valence-corrected chi connectivity index (χ4v) is 3.19. The van der Waals surface area contributed by atoms with E-state index in [0.29, 0.717) is 6.79 Å². The Balaban J connectivity index is 1.70. The van der Waals surface area contributed by atoms with Gasteiger partial charge >= 0.3 is 0 Å². The van der Waals surface area contributed by atoms with Gasteiger partial charge in [-0.15, -0.1) is 0 Å². The average molecular weight is 306 g/mol. The van der Waals surface area contributed by atoms with E-state index in [1.165, 1.54) is 0 Å². The number of thioether (sulfide) groups is 1. The predicted molar refractivity (Wildman–Crippen MR) is 81.1 cm³/mol. The lowest BCUT2D eigenvalue weighted by molar-refractivity contribution is -0.130. The molecule has 0 amide bonds. The van der Waals surface area contributed by atoms with Crippen LogP contribution in [0.5, 0.6) is 5.75 Å². The van der Waals surface area contributed by atoms with Crippen molar-refractivity contribution in [3.8, 4) is 11.4 Å². The first-order chi connectivity index (χ1) is 10.4. The van der Waals surface area contributed by atoms with Crippen LogP contribution in [0.2, 0.25) is 0 Å². The van der Waals surface area contributed by atoms with Crippen LogP contribution >= 0.6 is 11.8 Å². The molecule has 1 atom stereocenters. The van der Waals surface area contributed by atoms with Crippen molar-refractivity contribution < 1.29 is 14.2 Å². The number of methoxy groups -OCH3 is 1. The first-order valence-corrected chi connectivity index (χ1v) is 7.85. The standard InChI is InChI=1S/C15H18N2O3S/c1-18-13-4-2-3-12(9-13)17-7-6-16-15(17)21-10-14-5-8-19-11-20-14/h2-4,6-7,9,14H,5,8,10-11H2,1H3. The van der Waals surface area contributed by atoms with Crippen LogP contribution in [-0.4, -0.2) is 41.9 Å². The third-order valence-electron chi connectivity index (χ3n) is 3.31. The van der Waals surface area contributed by atoms with Crippen molar-refractivity contribution in [2.45, 2.75) is 17.7 Å². The number of imidazole rings is 1. The van der Waals surface area contributed by atoms with Gasteiger partial charge in [-0.1, -0.05) is 17.8 Å². The summed E-state index contributed by atoms with van der Waals surface area (Å²) in [6.07, 6.45) is 4.95. The molecule has 1 aromatic carbocycles. The van der Waals surface area contributed by atoms with Crippen LogP contribution in [0.4, 0.5) is 0 Å². The summed E-state index contributed by atoms with van der Waals surface area (Å²) in [7, 11) is 1.67. The monoisotopic (exact) mass is 306 g/mol. The Kier molecular flexibility index (Phi) is 4.80. The second-order valence-corrected chi connectivity index (χ2v) is 5.68. The molecular weight excluding hydrogens is 288 g/mol. The van der Waals surface area contributed by atoms with E-state index < -0.39 is 0 Å². The van der Waals surface area contributed by atoms with Gasteiger partial charge in [0.05, 0.1) is 25.5 Å². The molecule has 0 saturated carbocycles. The van der Waals surface area contributed by atoms with Gasteiger partial charge in [-0.25, -0.2) is 4.98 Å². The molecule has 0 spiro atoms. The van der Waals surface area contributed by atoms with Gasteiger partial charge in [0.25, 0.3) is 0 Å². The number of benzene rings is 1. The molecule has 1 saturated heterocycles. The third kappa shape index (κ3) is 3.58. The van der Waals surface area contributed by atoms with E-state index >= 15 is 0 Å². The van der Waals surface area contributed by atoms with Gasteiger partial charge in [-0.05, 0) is 18.6 Å². The zero-order chi connectivity index (χ0) is 14.5. The minimum atomic E-state index is 0.235. The fourth-order valence-electron chi connectivity index (χ4n) is 2.15. The fraction of sp³-hybridized carbons (Fsp3) is 0.400. The lowest BCUT2D eigenvalue weighted by Crippen LogP contribution is -2.25. The summed E-state index contributed by atoms with van der Waals surface area (Å²) >= 11 is 1.70. The predicted octanol–water partition coefficient (Wildman–Crippen LogP) is 2.74. The largest absolute Gasteiger partial charge is 0.497 e. The van der Waals surface area contributed by atoms with E-state index in [-0.39, 0.29) is 6.10 Å². The van der Waals surface area contributed by atoms with Crippen LogP contribution in [0.25, 0.3) is 5.69 Å². The highest BCUT2D eigenvalue weighted by atomic mass is 32.2. The Labute approximate surface area is 128 Å². The van der Waals surface area contributed by atoms with Crippen LogP contribution in [0.3, 0.4) is 0 Å². The molecule has 21 heavy (non-hydrogen) atoms. The van der Waals surface area contributed by atoms with Crippen LogP contribution in [0.15, 0.2) is 41.8 Å². The molecule has 6 heteroatoms. The highest BCUT2D eigenvalue weighted by Gasteiger charge is 2.16. The Bertz CT molecular complexity index is 582. The van der Waals surface area contributed by atoms with Gasteiger partial charge in [0.1, 0.15) is 12.5 Å². The maximum Gasteiger partial charge on any atom is 0.172 e. The van der Waals surface area contributed by atoms with Crippen LogP contribution in [-0.2, 0) is 9.47 Å². The molecule has 1 aliphatic rings. The first-order valence-electron chi connectivity index (χ1n) is 6.87. The second kappa shape index (κ2) is 6.98. The lowest BCUT2D eigenvalue weighted by atomic mass is 10.3. The molecule has 2 aromatic rings. The van der Waals surface area contributed by atoms with Crippen LogP contribution < -0.4 is 4.74 Å². The Morgan fingerprint density at radius 2 is 2.43 bits per heavy atom. The summed E-state index contributed by atoms with van der Waals surface area (Å²) in [6, 6.07) is 7.95. The van der Waals surface area contributed by atoms with E-state index in [4.69, 9.17) is 14.2 Å². The topological polar surface area (TPSA) is 45.5 Å². The minimum absolute atomic E-state index is 0.235. The van der Waals surface area contributed by atoms with Crippen LogP contribution in [0.1, 0.15) is 6.42 Å². The van der Waals surface area contributed by atoms with Crippen molar-refractivity contribution in [2.75, 3.05) is 26.3 Å². The maximum atomic E-state index is 5.56. The van der Waals surface area contributed by atoms with Gasteiger partial charge in [0, 0.05) is 24.2 Å². The number of hydrogen-bond acceptors (Lipinski definition) is 5. The minimum Gasteiger partial charge on any atom is -0.497 e. The Hall–Kier alpha value is -1.50. The average Bonchev–Trinajstić information content (AvgIpc) is 3.02. The summed E-state index contributed by atoms with van der Waals surface area (Å²) in [4.78, 5) is 4.43. The third-order valence-corrected chi connectivity index (χ3v) is 4.41. The lowest BCUT2D eigenvalue weighted by Gasteiger charge is -2.22. The van der Waals surface area contributed by atoms with Crippen molar-refractivity contribution in [3.63, 3.8) is 0 Å².